The average molecular weight is 320 g/mol. The summed E-state index contributed by atoms with van der Waals surface area (Å²) in [5, 5.41) is 1.30. The maximum Gasteiger partial charge on any atom is 0.100 e. The lowest BCUT2D eigenvalue weighted by Gasteiger charge is -2.18. The second kappa shape index (κ2) is 7.38. The molecule has 2 unspecified atom stereocenters. The summed E-state index contributed by atoms with van der Waals surface area (Å²) in [6.07, 6.45) is 9.54. The van der Waals surface area contributed by atoms with E-state index in [-0.39, 0.29) is 11.9 Å². The number of halogens is 1. The highest BCUT2D eigenvalue weighted by molar-refractivity contribution is 7.11. The van der Waals surface area contributed by atoms with E-state index in [2.05, 4.69) is 26.0 Å². The van der Waals surface area contributed by atoms with Crippen LogP contribution in [0.15, 0.2) is 18.0 Å². The van der Waals surface area contributed by atoms with Gasteiger partial charge in [0.15, 0.2) is 0 Å². The van der Waals surface area contributed by atoms with Crippen LogP contribution < -0.4 is 9.75 Å². The van der Waals surface area contributed by atoms with Crippen molar-refractivity contribution in [2.75, 3.05) is 7.11 Å². The lowest BCUT2D eigenvalue weighted by molar-refractivity contribution is 0.129. The molecule has 120 valence electrons. The van der Waals surface area contributed by atoms with Gasteiger partial charge in [-0.2, -0.15) is 0 Å². The van der Waals surface area contributed by atoms with Gasteiger partial charge in [0.1, 0.15) is 5.83 Å². The Morgan fingerprint density at radius 2 is 1.91 bits per heavy atom. The molecule has 0 fully saturated rings. The van der Waals surface area contributed by atoms with Crippen LogP contribution >= 0.6 is 11.3 Å². The molecule has 2 atom stereocenters. The maximum absolute atomic E-state index is 13.1. The van der Waals surface area contributed by atoms with Crippen LogP contribution in [-0.4, -0.2) is 13.2 Å². The highest BCUT2D eigenvalue weighted by Crippen LogP contribution is 2.30. The van der Waals surface area contributed by atoms with Crippen LogP contribution in [-0.2, 0) is 4.74 Å². The molecule has 1 aromatic rings. The van der Waals surface area contributed by atoms with Crippen molar-refractivity contribution in [2.24, 2.45) is 5.92 Å². The van der Waals surface area contributed by atoms with E-state index in [1.54, 1.807) is 13.2 Å². The van der Waals surface area contributed by atoms with Gasteiger partial charge in [-0.15, -0.1) is 11.3 Å². The van der Waals surface area contributed by atoms with Crippen LogP contribution in [0.4, 0.5) is 4.39 Å². The molecule has 0 bridgehead atoms. The van der Waals surface area contributed by atoms with Gasteiger partial charge >= 0.3 is 0 Å². The number of ether oxygens (including phenoxy) is 1. The first-order valence-corrected chi connectivity index (χ1v) is 8.83. The third-order valence-electron chi connectivity index (χ3n) is 4.15. The fourth-order valence-electron chi connectivity index (χ4n) is 2.92. The number of thiophene rings is 1. The Hall–Kier alpha value is -1.19. The smallest absolute Gasteiger partial charge is 0.100 e. The second-order valence-electron chi connectivity index (χ2n) is 5.53. The molecule has 0 amide bonds. The van der Waals surface area contributed by atoms with Crippen LogP contribution in [0.2, 0.25) is 0 Å². The standard InChI is InChI=1S/C17H19FOS.C2H6/c1-10-8-16-14(9-15(10)19-3)11(2)17(20-16)12-4-6-13(18)7-5-12;1-2/h4,6,8-10,15H,5,7H2,1-3H3;1-2H3. The van der Waals surface area contributed by atoms with Gasteiger partial charge in [-0.3, -0.25) is 0 Å². The number of hydrogen-bond donors (Lipinski definition) is 0. The van der Waals surface area contributed by atoms with E-state index in [1.807, 2.05) is 31.3 Å². The van der Waals surface area contributed by atoms with Gasteiger partial charge < -0.3 is 4.74 Å². The topological polar surface area (TPSA) is 9.23 Å². The first-order valence-electron chi connectivity index (χ1n) is 8.01. The summed E-state index contributed by atoms with van der Waals surface area (Å²) in [6, 6.07) is 0. The largest absolute Gasteiger partial charge is 0.377 e. The zero-order valence-electron chi connectivity index (χ0n) is 14.1. The van der Waals surface area contributed by atoms with Crippen molar-refractivity contribution >= 4 is 29.1 Å². The van der Waals surface area contributed by atoms with Gasteiger partial charge in [0.25, 0.3) is 0 Å². The maximum atomic E-state index is 13.1. The van der Waals surface area contributed by atoms with Crippen LogP contribution in [0.1, 0.15) is 44.1 Å². The van der Waals surface area contributed by atoms with Gasteiger partial charge in [-0.1, -0.05) is 32.9 Å². The molecule has 1 aromatic heterocycles. The number of rotatable bonds is 2. The minimum atomic E-state index is -0.0149. The SMILES string of the molecule is CC.COC1C=c2c(C)c(C3=CC=C(F)CC3)sc2=CC1C. The normalized spacial score (nSPS) is 23.2. The van der Waals surface area contributed by atoms with Gasteiger partial charge in [-0.25, -0.2) is 4.39 Å². The predicted molar refractivity (Wildman–Crippen MR) is 94.9 cm³/mol. The molecule has 3 heteroatoms. The lowest BCUT2D eigenvalue weighted by Crippen LogP contribution is -2.33. The van der Waals surface area contributed by atoms with Crippen LogP contribution in [0.3, 0.4) is 0 Å². The summed E-state index contributed by atoms with van der Waals surface area (Å²) in [5.41, 5.74) is 2.56. The predicted octanol–water partition coefficient (Wildman–Crippen LogP) is 4.34. The molecule has 3 rings (SSSR count). The summed E-state index contributed by atoms with van der Waals surface area (Å²) in [6.45, 7) is 8.34. The summed E-state index contributed by atoms with van der Waals surface area (Å²) in [5.74, 6) is 0.384. The molecular weight excluding hydrogens is 295 g/mol. The van der Waals surface area contributed by atoms with Crippen LogP contribution in [0, 0.1) is 12.8 Å². The van der Waals surface area contributed by atoms with Crippen molar-refractivity contribution < 1.29 is 9.13 Å². The second-order valence-corrected chi connectivity index (χ2v) is 6.58. The van der Waals surface area contributed by atoms with E-state index >= 15 is 0 Å². The number of fused-ring (bicyclic) bond motifs is 1. The summed E-state index contributed by atoms with van der Waals surface area (Å²) >= 11 is 1.82. The molecule has 2 aliphatic carbocycles. The Labute approximate surface area is 136 Å². The van der Waals surface area contributed by atoms with E-state index < -0.39 is 0 Å². The van der Waals surface area contributed by atoms with Crippen LogP contribution in [0.5, 0.6) is 0 Å². The molecule has 0 saturated heterocycles. The average Bonchev–Trinajstić information content (AvgIpc) is 2.85. The first kappa shape index (κ1) is 17.2. The molecule has 2 aliphatic rings. The summed E-state index contributed by atoms with van der Waals surface area (Å²) in [4.78, 5) is 1.30. The third kappa shape index (κ3) is 3.26. The van der Waals surface area contributed by atoms with Crippen molar-refractivity contribution in [2.45, 2.75) is 46.6 Å². The van der Waals surface area contributed by atoms with E-state index in [1.165, 1.54) is 25.8 Å². The molecule has 0 radical (unpaired) electrons. The molecule has 0 aromatic carbocycles. The number of methoxy groups -OCH3 is 1. The van der Waals surface area contributed by atoms with Crippen LogP contribution in [0.25, 0.3) is 17.7 Å². The fraction of sp³-hybridized carbons (Fsp3) is 0.474. The third-order valence-corrected chi connectivity index (χ3v) is 5.50. The molecule has 1 heterocycles. The minimum Gasteiger partial charge on any atom is -0.377 e. The Kier molecular flexibility index (Phi) is 5.76. The van der Waals surface area contributed by atoms with Crippen molar-refractivity contribution in [1.82, 2.24) is 0 Å². The van der Waals surface area contributed by atoms with Gasteiger partial charge in [0.05, 0.1) is 6.10 Å². The molecule has 0 aliphatic heterocycles. The Bertz CT molecular complexity index is 709. The molecule has 0 spiro atoms. The lowest BCUT2D eigenvalue weighted by atomic mass is 9.96. The molecule has 22 heavy (non-hydrogen) atoms. The highest BCUT2D eigenvalue weighted by atomic mass is 32.1. The Morgan fingerprint density at radius 1 is 1.18 bits per heavy atom. The van der Waals surface area contributed by atoms with Crippen molar-refractivity contribution in [3.8, 4) is 0 Å². The number of hydrogen-bond acceptors (Lipinski definition) is 2. The molecular formula is C19H25FOS. The summed E-state index contributed by atoms with van der Waals surface area (Å²) in [7, 11) is 1.76. The number of allylic oxidation sites excluding steroid dienone is 4. The molecule has 1 nitrogen and oxygen atoms in total. The molecule has 0 N–H and O–H groups in total. The minimum absolute atomic E-state index is 0.0149. The van der Waals surface area contributed by atoms with E-state index in [0.29, 0.717) is 12.3 Å². The Morgan fingerprint density at radius 3 is 2.50 bits per heavy atom. The first-order chi connectivity index (χ1) is 10.6. The van der Waals surface area contributed by atoms with E-state index in [9.17, 15) is 4.39 Å². The summed E-state index contributed by atoms with van der Waals surface area (Å²) < 4.78 is 20.0. The quantitative estimate of drug-likeness (QED) is 0.788. The van der Waals surface area contributed by atoms with E-state index in [4.69, 9.17) is 4.74 Å². The van der Waals surface area contributed by atoms with Gasteiger partial charge in [-0.05, 0) is 41.9 Å². The van der Waals surface area contributed by atoms with Crippen molar-refractivity contribution in [1.29, 1.82) is 0 Å². The van der Waals surface area contributed by atoms with Crippen molar-refractivity contribution in [3.05, 3.63) is 38.2 Å². The monoisotopic (exact) mass is 320 g/mol. The van der Waals surface area contributed by atoms with E-state index in [0.717, 1.165) is 6.42 Å². The fourth-order valence-corrected chi connectivity index (χ4v) is 4.32. The zero-order valence-corrected chi connectivity index (χ0v) is 14.9. The van der Waals surface area contributed by atoms with Crippen molar-refractivity contribution in [3.63, 3.8) is 0 Å². The van der Waals surface area contributed by atoms with Gasteiger partial charge in [0.2, 0.25) is 0 Å². The zero-order chi connectivity index (χ0) is 16.3. The Balaban J connectivity index is 0.000000847. The highest BCUT2D eigenvalue weighted by Gasteiger charge is 2.20. The van der Waals surface area contributed by atoms with Gasteiger partial charge in [0, 0.05) is 28.9 Å². The molecule has 0 saturated carbocycles.